The molecular formula is C23H27F3N4O2. The number of anilines is 1. The Morgan fingerprint density at radius 3 is 2.72 bits per heavy atom. The minimum absolute atomic E-state index is 0.0171. The Bertz CT molecular complexity index is 1100. The minimum Gasteiger partial charge on any atom is -0.380 e. The molecule has 5 rings (SSSR count). The van der Waals surface area contributed by atoms with Crippen molar-refractivity contribution in [1.82, 2.24) is 14.9 Å². The van der Waals surface area contributed by atoms with Crippen molar-refractivity contribution in [1.29, 1.82) is 0 Å². The van der Waals surface area contributed by atoms with E-state index >= 15 is 0 Å². The lowest BCUT2D eigenvalue weighted by Gasteiger charge is -2.53. The van der Waals surface area contributed by atoms with E-state index < -0.39 is 17.8 Å². The van der Waals surface area contributed by atoms with E-state index in [-0.39, 0.29) is 22.6 Å². The molecule has 32 heavy (non-hydrogen) atoms. The standard InChI is InChI=1S/C23H27F3N4O2/c1-13-16(4-3-5-18(13)23(24,25)26)14(2)28-21-29-19-6-7-27-10-17(19)20(31)30(21)15-8-22(9-15)11-32-12-22/h3-5,14-15,27H,6-12H2,1-2H3,(H,28,29)/t14-/m1/s1. The van der Waals surface area contributed by atoms with Crippen molar-refractivity contribution >= 4 is 5.95 Å². The maximum atomic E-state index is 13.4. The monoisotopic (exact) mass is 448 g/mol. The first-order valence-electron chi connectivity index (χ1n) is 11.0. The van der Waals surface area contributed by atoms with E-state index in [1.807, 2.05) is 6.92 Å². The normalized spacial score (nSPS) is 20.9. The zero-order valence-corrected chi connectivity index (χ0v) is 18.2. The van der Waals surface area contributed by atoms with Crippen LogP contribution in [0.2, 0.25) is 0 Å². The van der Waals surface area contributed by atoms with E-state index in [0.29, 0.717) is 30.0 Å². The Morgan fingerprint density at radius 2 is 2.06 bits per heavy atom. The summed E-state index contributed by atoms with van der Waals surface area (Å²) in [6.07, 6.45) is -2.05. The van der Waals surface area contributed by atoms with Crippen LogP contribution in [0.5, 0.6) is 0 Å². The summed E-state index contributed by atoms with van der Waals surface area (Å²) in [7, 11) is 0. The van der Waals surface area contributed by atoms with Crippen molar-refractivity contribution in [2.24, 2.45) is 5.41 Å². The molecule has 3 heterocycles. The zero-order valence-electron chi connectivity index (χ0n) is 18.2. The number of rotatable bonds is 4. The number of hydrogen-bond acceptors (Lipinski definition) is 5. The maximum absolute atomic E-state index is 13.4. The second kappa shape index (κ2) is 7.59. The van der Waals surface area contributed by atoms with Gasteiger partial charge in [0.1, 0.15) is 0 Å². The molecule has 0 amide bonds. The van der Waals surface area contributed by atoms with Gasteiger partial charge in [0, 0.05) is 31.0 Å². The minimum atomic E-state index is -4.41. The van der Waals surface area contributed by atoms with E-state index in [0.717, 1.165) is 44.4 Å². The molecule has 2 N–H and O–H groups in total. The highest BCUT2D eigenvalue weighted by Gasteiger charge is 2.51. The van der Waals surface area contributed by atoms with E-state index in [1.165, 1.54) is 13.0 Å². The molecule has 2 fully saturated rings. The van der Waals surface area contributed by atoms with Crippen LogP contribution in [0.15, 0.2) is 23.0 Å². The first kappa shape index (κ1) is 21.5. The number of ether oxygens (including phenoxy) is 1. The molecule has 6 nitrogen and oxygen atoms in total. The topological polar surface area (TPSA) is 68.2 Å². The van der Waals surface area contributed by atoms with Crippen LogP contribution in [-0.2, 0) is 23.9 Å². The lowest BCUT2D eigenvalue weighted by Crippen LogP contribution is -2.54. The van der Waals surface area contributed by atoms with Gasteiger partial charge in [0.25, 0.3) is 5.56 Å². The number of alkyl halides is 3. The molecule has 172 valence electrons. The summed E-state index contributed by atoms with van der Waals surface area (Å²) < 4.78 is 47.3. The molecule has 1 saturated heterocycles. The first-order valence-corrected chi connectivity index (χ1v) is 11.0. The third-order valence-corrected chi connectivity index (χ3v) is 7.15. The second-order valence-electron chi connectivity index (χ2n) is 9.40. The Labute approximate surface area is 184 Å². The highest BCUT2D eigenvalue weighted by Crippen LogP contribution is 2.53. The van der Waals surface area contributed by atoms with Crippen LogP contribution in [0.3, 0.4) is 0 Å². The predicted molar refractivity (Wildman–Crippen MR) is 114 cm³/mol. The van der Waals surface area contributed by atoms with Crippen molar-refractivity contribution in [2.75, 3.05) is 25.1 Å². The van der Waals surface area contributed by atoms with E-state index in [9.17, 15) is 18.0 Å². The molecule has 1 saturated carbocycles. The highest BCUT2D eigenvalue weighted by atomic mass is 19.4. The molecule has 3 aliphatic rings. The van der Waals surface area contributed by atoms with Crippen LogP contribution in [0.4, 0.5) is 19.1 Å². The van der Waals surface area contributed by atoms with Gasteiger partial charge >= 0.3 is 6.18 Å². The average Bonchev–Trinajstić information content (AvgIpc) is 2.67. The van der Waals surface area contributed by atoms with Gasteiger partial charge in [-0.15, -0.1) is 0 Å². The summed E-state index contributed by atoms with van der Waals surface area (Å²) in [5.41, 5.74) is 1.65. The van der Waals surface area contributed by atoms with Crippen LogP contribution in [0, 0.1) is 12.3 Å². The number of fused-ring (bicyclic) bond motifs is 1. The third kappa shape index (κ3) is 3.51. The number of benzene rings is 1. The van der Waals surface area contributed by atoms with Gasteiger partial charge in [0.05, 0.1) is 36.1 Å². The Kier molecular flexibility index (Phi) is 5.09. The van der Waals surface area contributed by atoms with Gasteiger partial charge in [-0.1, -0.05) is 12.1 Å². The highest BCUT2D eigenvalue weighted by molar-refractivity contribution is 5.43. The molecule has 1 aliphatic carbocycles. The number of hydrogen-bond donors (Lipinski definition) is 2. The third-order valence-electron chi connectivity index (χ3n) is 7.15. The van der Waals surface area contributed by atoms with Crippen molar-refractivity contribution in [3.05, 3.63) is 56.5 Å². The Balaban J connectivity index is 1.51. The average molecular weight is 448 g/mol. The molecule has 9 heteroatoms. The van der Waals surface area contributed by atoms with E-state index in [4.69, 9.17) is 9.72 Å². The molecule has 0 unspecified atom stereocenters. The van der Waals surface area contributed by atoms with Gasteiger partial charge in [0.2, 0.25) is 5.95 Å². The summed E-state index contributed by atoms with van der Waals surface area (Å²) in [6.45, 7) is 5.98. The fraction of sp³-hybridized carbons (Fsp3) is 0.565. The van der Waals surface area contributed by atoms with E-state index in [1.54, 1.807) is 10.6 Å². The smallest absolute Gasteiger partial charge is 0.380 e. The molecule has 1 aromatic carbocycles. The SMILES string of the molecule is Cc1c([C@@H](C)Nc2nc3c(c(=O)n2C2CC4(COC4)C2)CNCC3)cccc1C(F)(F)F. The van der Waals surface area contributed by atoms with Crippen molar-refractivity contribution in [3.63, 3.8) is 0 Å². The molecule has 1 spiro atoms. The molecule has 2 aliphatic heterocycles. The van der Waals surface area contributed by atoms with Crippen LogP contribution < -0.4 is 16.2 Å². The molecule has 0 radical (unpaired) electrons. The second-order valence-corrected chi connectivity index (χ2v) is 9.40. The lowest BCUT2D eigenvalue weighted by molar-refractivity contribution is -0.174. The fourth-order valence-electron chi connectivity index (χ4n) is 5.31. The van der Waals surface area contributed by atoms with Gasteiger partial charge in [-0.3, -0.25) is 9.36 Å². The van der Waals surface area contributed by atoms with Gasteiger partial charge in [-0.05, 0) is 43.9 Å². The summed E-state index contributed by atoms with van der Waals surface area (Å²) >= 11 is 0. The Hall–Kier alpha value is -2.39. The van der Waals surface area contributed by atoms with Crippen molar-refractivity contribution in [3.8, 4) is 0 Å². The molecule has 1 aromatic heterocycles. The van der Waals surface area contributed by atoms with Crippen LogP contribution in [0.25, 0.3) is 0 Å². The summed E-state index contributed by atoms with van der Waals surface area (Å²) in [4.78, 5) is 18.2. The largest absolute Gasteiger partial charge is 0.416 e. The van der Waals surface area contributed by atoms with E-state index in [2.05, 4.69) is 10.6 Å². The quantitative estimate of drug-likeness (QED) is 0.746. The maximum Gasteiger partial charge on any atom is 0.416 e. The predicted octanol–water partition coefficient (Wildman–Crippen LogP) is 3.74. The number of nitrogens with zero attached hydrogens (tertiary/aromatic N) is 2. The molecule has 1 atom stereocenters. The molecule has 2 aromatic rings. The van der Waals surface area contributed by atoms with Gasteiger partial charge in [0.15, 0.2) is 0 Å². The van der Waals surface area contributed by atoms with Crippen molar-refractivity contribution < 1.29 is 17.9 Å². The number of aromatic nitrogens is 2. The van der Waals surface area contributed by atoms with Crippen LogP contribution in [-0.4, -0.2) is 29.3 Å². The summed E-state index contributed by atoms with van der Waals surface area (Å²) in [5.74, 6) is 0.444. The number of halogens is 3. The molecule has 0 bridgehead atoms. The summed E-state index contributed by atoms with van der Waals surface area (Å²) in [6, 6.07) is 3.78. The van der Waals surface area contributed by atoms with Gasteiger partial charge in [-0.25, -0.2) is 4.98 Å². The number of nitrogens with one attached hydrogen (secondary N) is 2. The Morgan fingerprint density at radius 1 is 1.31 bits per heavy atom. The fourth-order valence-corrected chi connectivity index (χ4v) is 5.31. The summed E-state index contributed by atoms with van der Waals surface area (Å²) in [5, 5.41) is 6.52. The van der Waals surface area contributed by atoms with Gasteiger partial charge < -0.3 is 15.4 Å². The van der Waals surface area contributed by atoms with Crippen LogP contribution >= 0.6 is 0 Å². The zero-order chi connectivity index (χ0) is 22.7. The lowest BCUT2D eigenvalue weighted by atomic mass is 9.64. The first-order chi connectivity index (χ1) is 15.2. The van der Waals surface area contributed by atoms with Crippen LogP contribution in [0.1, 0.15) is 59.8 Å². The van der Waals surface area contributed by atoms with Gasteiger partial charge in [-0.2, -0.15) is 13.2 Å². The van der Waals surface area contributed by atoms with Crippen molar-refractivity contribution in [2.45, 2.75) is 57.9 Å². The molecular weight excluding hydrogens is 421 g/mol.